The van der Waals surface area contributed by atoms with Crippen LogP contribution in [-0.2, 0) is 9.53 Å². The van der Waals surface area contributed by atoms with E-state index in [4.69, 9.17) is 9.84 Å². The fraction of sp³-hybridized carbons (Fsp3) is 0.917. The molecular formula is C12H22O3. The minimum Gasteiger partial charge on any atom is -0.481 e. The lowest BCUT2D eigenvalue weighted by molar-refractivity contribution is -0.139. The van der Waals surface area contributed by atoms with Crippen LogP contribution in [0.3, 0.4) is 0 Å². The largest absolute Gasteiger partial charge is 0.481 e. The lowest BCUT2D eigenvalue weighted by Crippen LogP contribution is -2.27. The molecule has 3 heteroatoms. The average molecular weight is 214 g/mol. The Morgan fingerprint density at radius 2 is 1.93 bits per heavy atom. The van der Waals surface area contributed by atoms with Crippen LogP contribution in [0.15, 0.2) is 0 Å². The third-order valence-electron chi connectivity index (χ3n) is 3.12. The standard InChI is InChI=1S/C8H14O3.C4H8/c1-6-5-11-3-2-7(6)4-8(9)10;1-4-2-3-4/h6-7H,2-5H2,1H3,(H,9,10);4H,2-3H2,1H3. The molecule has 2 fully saturated rings. The summed E-state index contributed by atoms with van der Waals surface area (Å²) in [4.78, 5) is 10.4. The van der Waals surface area contributed by atoms with E-state index in [1.165, 1.54) is 12.8 Å². The van der Waals surface area contributed by atoms with E-state index in [0.717, 1.165) is 25.6 Å². The number of hydrogen-bond acceptors (Lipinski definition) is 2. The first kappa shape index (κ1) is 12.5. The van der Waals surface area contributed by atoms with Gasteiger partial charge < -0.3 is 9.84 Å². The van der Waals surface area contributed by atoms with Crippen molar-refractivity contribution in [1.82, 2.24) is 0 Å². The van der Waals surface area contributed by atoms with Gasteiger partial charge >= 0.3 is 5.97 Å². The van der Waals surface area contributed by atoms with Crippen molar-refractivity contribution in [2.75, 3.05) is 13.2 Å². The Labute approximate surface area is 91.8 Å². The van der Waals surface area contributed by atoms with E-state index in [0.29, 0.717) is 18.3 Å². The number of aliphatic carboxylic acids is 1. The van der Waals surface area contributed by atoms with Crippen molar-refractivity contribution in [3.05, 3.63) is 0 Å². The maximum absolute atomic E-state index is 10.4. The lowest BCUT2D eigenvalue weighted by atomic mass is 9.87. The van der Waals surface area contributed by atoms with E-state index in [2.05, 4.69) is 6.92 Å². The van der Waals surface area contributed by atoms with Gasteiger partial charge in [-0.2, -0.15) is 0 Å². The fourth-order valence-corrected chi connectivity index (χ4v) is 1.62. The van der Waals surface area contributed by atoms with Gasteiger partial charge in [-0.1, -0.05) is 26.7 Å². The molecule has 2 atom stereocenters. The van der Waals surface area contributed by atoms with Crippen LogP contribution in [0.5, 0.6) is 0 Å². The van der Waals surface area contributed by atoms with E-state index < -0.39 is 5.97 Å². The van der Waals surface area contributed by atoms with Gasteiger partial charge in [0, 0.05) is 19.6 Å². The number of carbonyl (C=O) groups is 1. The highest BCUT2D eigenvalue weighted by Gasteiger charge is 2.23. The Bertz CT molecular complexity index is 199. The maximum Gasteiger partial charge on any atom is 0.303 e. The smallest absolute Gasteiger partial charge is 0.303 e. The Morgan fingerprint density at radius 3 is 2.33 bits per heavy atom. The third kappa shape index (κ3) is 5.78. The molecule has 0 aromatic rings. The molecule has 1 saturated heterocycles. The van der Waals surface area contributed by atoms with E-state index in [1.807, 2.05) is 6.92 Å². The van der Waals surface area contributed by atoms with Crippen LogP contribution in [0.2, 0.25) is 0 Å². The summed E-state index contributed by atoms with van der Waals surface area (Å²) in [6.45, 7) is 5.77. The highest BCUT2D eigenvalue weighted by atomic mass is 16.5. The average Bonchev–Trinajstić information content (AvgIpc) is 2.92. The zero-order valence-electron chi connectivity index (χ0n) is 9.74. The molecule has 3 nitrogen and oxygen atoms in total. The van der Waals surface area contributed by atoms with Crippen LogP contribution in [0, 0.1) is 17.8 Å². The van der Waals surface area contributed by atoms with Crippen molar-refractivity contribution in [3.8, 4) is 0 Å². The second kappa shape index (κ2) is 6.11. The molecule has 1 N–H and O–H groups in total. The van der Waals surface area contributed by atoms with Crippen molar-refractivity contribution in [3.63, 3.8) is 0 Å². The topological polar surface area (TPSA) is 46.5 Å². The summed E-state index contributed by atoms with van der Waals surface area (Å²) >= 11 is 0. The van der Waals surface area contributed by atoms with Crippen LogP contribution >= 0.6 is 0 Å². The molecule has 0 amide bonds. The summed E-state index contributed by atoms with van der Waals surface area (Å²) in [5.41, 5.74) is 0. The molecule has 2 unspecified atom stereocenters. The second-order valence-corrected chi connectivity index (χ2v) is 4.88. The second-order valence-electron chi connectivity index (χ2n) is 4.88. The van der Waals surface area contributed by atoms with E-state index in [9.17, 15) is 4.79 Å². The molecule has 0 bridgehead atoms. The molecule has 2 aliphatic rings. The monoisotopic (exact) mass is 214 g/mol. The van der Waals surface area contributed by atoms with Gasteiger partial charge in [0.1, 0.15) is 0 Å². The predicted octanol–water partition coefficient (Wildman–Crippen LogP) is 2.55. The van der Waals surface area contributed by atoms with Gasteiger partial charge in [0.05, 0.1) is 0 Å². The lowest BCUT2D eigenvalue weighted by Gasteiger charge is -2.27. The molecule has 1 saturated carbocycles. The molecule has 1 heterocycles. The zero-order chi connectivity index (χ0) is 11.3. The Balaban J connectivity index is 0.000000234. The van der Waals surface area contributed by atoms with E-state index in [-0.39, 0.29) is 0 Å². The third-order valence-corrected chi connectivity index (χ3v) is 3.12. The normalized spacial score (nSPS) is 30.3. The maximum atomic E-state index is 10.4. The van der Waals surface area contributed by atoms with E-state index >= 15 is 0 Å². The highest BCUT2D eigenvalue weighted by molar-refractivity contribution is 5.67. The number of ether oxygens (including phenoxy) is 1. The van der Waals surface area contributed by atoms with Gasteiger partial charge in [0.25, 0.3) is 0 Å². The van der Waals surface area contributed by atoms with Crippen molar-refractivity contribution >= 4 is 5.97 Å². The SMILES string of the molecule is CC1CC1.CC1COCCC1CC(=O)O. The number of rotatable bonds is 2. The van der Waals surface area contributed by atoms with Crippen molar-refractivity contribution in [2.24, 2.45) is 17.8 Å². The van der Waals surface area contributed by atoms with Crippen LogP contribution in [0.1, 0.15) is 39.5 Å². The first-order valence-corrected chi connectivity index (χ1v) is 5.89. The van der Waals surface area contributed by atoms with Crippen molar-refractivity contribution < 1.29 is 14.6 Å². The van der Waals surface area contributed by atoms with Gasteiger partial charge in [-0.15, -0.1) is 0 Å². The number of hydrogen-bond donors (Lipinski definition) is 1. The van der Waals surface area contributed by atoms with Gasteiger partial charge in [-0.25, -0.2) is 0 Å². The first-order valence-electron chi connectivity index (χ1n) is 5.89. The molecule has 0 radical (unpaired) electrons. The summed E-state index contributed by atoms with van der Waals surface area (Å²) in [7, 11) is 0. The van der Waals surface area contributed by atoms with Crippen LogP contribution in [0.25, 0.3) is 0 Å². The van der Waals surface area contributed by atoms with Gasteiger partial charge in [0.15, 0.2) is 0 Å². The van der Waals surface area contributed by atoms with E-state index in [1.54, 1.807) is 0 Å². The Morgan fingerprint density at radius 1 is 1.33 bits per heavy atom. The fourth-order valence-electron chi connectivity index (χ4n) is 1.62. The molecule has 1 aliphatic heterocycles. The molecule has 2 rings (SSSR count). The summed E-state index contributed by atoms with van der Waals surface area (Å²) in [5.74, 6) is 1.12. The van der Waals surface area contributed by atoms with Crippen molar-refractivity contribution in [2.45, 2.75) is 39.5 Å². The molecular weight excluding hydrogens is 192 g/mol. The Hall–Kier alpha value is -0.570. The molecule has 1 aliphatic carbocycles. The number of carboxylic acid groups (broad SMARTS) is 1. The molecule has 15 heavy (non-hydrogen) atoms. The zero-order valence-corrected chi connectivity index (χ0v) is 9.74. The van der Waals surface area contributed by atoms with Gasteiger partial charge in [-0.05, 0) is 24.2 Å². The summed E-state index contributed by atoms with van der Waals surface area (Å²) < 4.78 is 5.20. The minimum absolute atomic E-state index is 0.296. The summed E-state index contributed by atoms with van der Waals surface area (Å²) in [6, 6.07) is 0. The molecule has 0 aromatic heterocycles. The summed E-state index contributed by atoms with van der Waals surface area (Å²) in [5, 5.41) is 8.54. The van der Waals surface area contributed by atoms with Crippen LogP contribution in [0.4, 0.5) is 0 Å². The minimum atomic E-state index is -0.691. The van der Waals surface area contributed by atoms with Crippen LogP contribution in [-0.4, -0.2) is 24.3 Å². The molecule has 88 valence electrons. The quantitative estimate of drug-likeness (QED) is 0.768. The van der Waals surface area contributed by atoms with Crippen molar-refractivity contribution in [1.29, 1.82) is 0 Å². The van der Waals surface area contributed by atoms with Gasteiger partial charge in [0.2, 0.25) is 0 Å². The molecule has 0 spiro atoms. The summed E-state index contributed by atoms with van der Waals surface area (Å²) in [6.07, 6.45) is 4.16. The molecule has 0 aromatic carbocycles. The van der Waals surface area contributed by atoms with Gasteiger partial charge in [-0.3, -0.25) is 4.79 Å². The predicted molar refractivity (Wildman–Crippen MR) is 58.7 cm³/mol. The van der Waals surface area contributed by atoms with Crippen LogP contribution < -0.4 is 0 Å². The highest BCUT2D eigenvalue weighted by Crippen LogP contribution is 2.26. The number of carboxylic acids is 1. The first-order chi connectivity index (χ1) is 7.09. The Kier molecular flexibility index (Phi) is 5.09.